The summed E-state index contributed by atoms with van der Waals surface area (Å²) in [6.07, 6.45) is 0. The molecule has 5 heteroatoms. The molecular formula is C16H23NO4. The van der Waals surface area contributed by atoms with Crippen LogP contribution in [0.3, 0.4) is 0 Å². The second-order valence-electron chi connectivity index (χ2n) is 5.30. The van der Waals surface area contributed by atoms with Crippen molar-refractivity contribution in [1.82, 2.24) is 4.90 Å². The molecule has 21 heavy (non-hydrogen) atoms. The standard InChI is InChI=1S/C16H23NO4/c1-4-17(14-10-21-9-13(14)16(18)19)11(2)12-7-5-6-8-15(12)20-3/h5-8,11,13-14H,4,9-10H2,1-3H3,(H,18,19). The molecule has 116 valence electrons. The lowest BCUT2D eigenvalue weighted by Crippen LogP contribution is -2.44. The molecule has 1 aromatic rings. The van der Waals surface area contributed by atoms with Crippen molar-refractivity contribution in [3.63, 3.8) is 0 Å². The lowest BCUT2D eigenvalue weighted by atomic mass is 9.97. The third-order valence-corrected chi connectivity index (χ3v) is 4.25. The van der Waals surface area contributed by atoms with Crippen LogP contribution in [0.5, 0.6) is 5.75 Å². The summed E-state index contributed by atoms with van der Waals surface area (Å²) in [5.41, 5.74) is 1.07. The third kappa shape index (κ3) is 3.19. The van der Waals surface area contributed by atoms with Crippen LogP contribution in [0, 0.1) is 5.92 Å². The molecule has 1 heterocycles. The molecule has 0 spiro atoms. The highest BCUT2D eigenvalue weighted by molar-refractivity contribution is 5.71. The van der Waals surface area contributed by atoms with Gasteiger partial charge < -0.3 is 14.6 Å². The Morgan fingerprint density at radius 1 is 1.48 bits per heavy atom. The van der Waals surface area contributed by atoms with Crippen molar-refractivity contribution in [2.45, 2.75) is 25.9 Å². The molecule has 0 radical (unpaired) electrons. The van der Waals surface area contributed by atoms with Crippen molar-refractivity contribution in [2.24, 2.45) is 5.92 Å². The van der Waals surface area contributed by atoms with Gasteiger partial charge in [0.2, 0.25) is 0 Å². The van der Waals surface area contributed by atoms with Crippen LogP contribution in [-0.2, 0) is 9.53 Å². The summed E-state index contributed by atoms with van der Waals surface area (Å²) in [4.78, 5) is 13.6. The van der Waals surface area contributed by atoms with E-state index in [-0.39, 0.29) is 18.7 Å². The monoisotopic (exact) mass is 293 g/mol. The van der Waals surface area contributed by atoms with Gasteiger partial charge in [0, 0.05) is 17.6 Å². The first-order valence-electron chi connectivity index (χ1n) is 7.29. The molecule has 0 amide bonds. The lowest BCUT2D eigenvalue weighted by Gasteiger charge is -2.35. The van der Waals surface area contributed by atoms with Crippen molar-refractivity contribution in [3.05, 3.63) is 29.8 Å². The minimum absolute atomic E-state index is 0.0692. The van der Waals surface area contributed by atoms with Gasteiger partial charge in [-0.2, -0.15) is 0 Å². The van der Waals surface area contributed by atoms with Gasteiger partial charge in [0.25, 0.3) is 0 Å². The van der Waals surface area contributed by atoms with Crippen LogP contribution in [0.15, 0.2) is 24.3 Å². The molecule has 1 N–H and O–H groups in total. The number of carboxylic acid groups (broad SMARTS) is 1. The van der Waals surface area contributed by atoms with Gasteiger partial charge >= 0.3 is 5.97 Å². The van der Waals surface area contributed by atoms with E-state index in [1.165, 1.54) is 0 Å². The Balaban J connectivity index is 2.26. The maximum atomic E-state index is 11.4. The van der Waals surface area contributed by atoms with Crippen LogP contribution in [0.2, 0.25) is 0 Å². The number of carboxylic acids is 1. The van der Waals surface area contributed by atoms with Gasteiger partial charge in [-0.3, -0.25) is 9.69 Å². The van der Waals surface area contributed by atoms with Gasteiger partial charge in [0.05, 0.1) is 26.2 Å². The number of para-hydroxylation sites is 1. The number of likely N-dealkylation sites (N-methyl/N-ethyl adjacent to an activating group) is 1. The van der Waals surface area contributed by atoms with Crippen molar-refractivity contribution >= 4 is 5.97 Å². The van der Waals surface area contributed by atoms with Gasteiger partial charge in [-0.25, -0.2) is 0 Å². The van der Waals surface area contributed by atoms with Gasteiger partial charge in [-0.05, 0) is 19.5 Å². The average Bonchev–Trinajstić information content (AvgIpc) is 2.97. The molecular weight excluding hydrogens is 270 g/mol. The number of hydrogen-bond acceptors (Lipinski definition) is 4. The quantitative estimate of drug-likeness (QED) is 0.871. The van der Waals surface area contributed by atoms with Gasteiger partial charge in [0.15, 0.2) is 0 Å². The summed E-state index contributed by atoms with van der Waals surface area (Å²) in [7, 11) is 1.65. The molecule has 0 aromatic heterocycles. The Bertz CT molecular complexity index is 491. The van der Waals surface area contributed by atoms with Crippen molar-refractivity contribution in [2.75, 3.05) is 26.9 Å². The van der Waals surface area contributed by atoms with E-state index >= 15 is 0 Å². The summed E-state index contributed by atoms with van der Waals surface area (Å²) in [6.45, 7) is 5.64. The fourth-order valence-electron chi connectivity index (χ4n) is 3.09. The predicted molar refractivity (Wildman–Crippen MR) is 79.5 cm³/mol. The number of carbonyl (C=O) groups is 1. The zero-order valence-electron chi connectivity index (χ0n) is 12.8. The molecule has 1 fully saturated rings. The molecule has 1 saturated heterocycles. The molecule has 3 atom stereocenters. The van der Waals surface area contributed by atoms with Crippen LogP contribution in [0.25, 0.3) is 0 Å². The highest BCUT2D eigenvalue weighted by Crippen LogP contribution is 2.33. The van der Waals surface area contributed by atoms with E-state index in [0.717, 1.165) is 17.9 Å². The summed E-state index contributed by atoms with van der Waals surface area (Å²) in [5.74, 6) is -0.431. The Kier molecular flexibility index (Phi) is 5.20. The SMILES string of the molecule is CCN(C(C)c1ccccc1OC)C1COCC1C(=O)O. The molecule has 1 aliphatic heterocycles. The summed E-state index contributed by atoms with van der Waals surface area (Å²) < 4.78 is 10.8. The van der Waals surface area contributed by atoms with E-state index in [1.807, 2.05) is 31.2 Å². The van der Waals surface area contributed by atoms with Crippen molar-refractivity contribution in [1.29, 1.82) is 0 Å². The molecule has 0 bridgehead atoms. The molecule has 1 aliphatic rings. The van der Waals surface area contributed by atoms with E-state index in [4.69, 9.17) is 9.47 Å². The van der Waals surface area contributed by atoms with E-state index in [0.29, 0.717) is 6.61 Å². The van der Waals surface area contributed by atoms with Gasteiger partial charge in [-0.1, -0.05) is 25.1 Å². The smallest absolute Gasteiger partial charge is 0.310 e. The van der Waals surface area contributed by atoms with E-state index in [9.17, 15) is 9.90 Å². The number of hydrogen-bond donors (Lipinski definition) is 1. The van der Waals surface area contributed by atoms with Crippen molar-refractivity contribution < 1.29 is 19.4 Å². The zero-order chi connectivity index (χ0) is 15.4. The van der Waals surface area contributed by atoms with Crippen LogP contribution < -0.4 is 4.74 Å². The maximum Gasteiger partial charge on any atom is 0.310 e. The first-order valence-corrected chi connectivity index (χ1v) is 7.29. The van der Waals surface area contributed by atoms with Crippen LogP contribution >= 0.6 is 0 Å². The first kappa shape index (κ1) is 15.8. The number of aliphatic carboxylic acids is 1. The molecule has 5 nitrogen and oxygen atoms in total. The van der Waals surface area contributed by atoms with Gasteiger partial charge in [0.1, 0.15) is 5.75 Å². The normalized spacial score (nSPS) is 23.2. The topological polar surface area (TPSA) is 59.0 Å². The Labute approximate surface area is 125 Å². The summed E-state index contributed by atoms with van der Waals surface area (Å²) in [6, 6.07) is 7.83. The Morgan fingerprint density at radius 3 is 2.81 bits per heavy atom. The number of ether oxygens (including phenoxy) is 2. The molecule has 2 rings (SSSR count). The summed E-state index contributed by atoms with van der Waals surface area (Å²) >= 11 is 0. The maximum absolute atomic E-state index is 11.4. The Hall–Kier alpha value is -1.59. The van der Waals surface area contributed by atoms with Gasteiger partial charge in [-0.15, -0.1) is 0 Å². The minimum Gasteiger partial charge on any atom is -0.496 e. The number of nitrogens with zero attached hydrogens (tertiary/aromatic N) is 1. The van der Waals surface area contributed by atoms with Crippen LogP contribution in [0.4, 0.5) is 0 Å². The molecule has 0 saturated carbocycles. The van der Waals surface area contributed by atoms with E-state index < -0.39 is 11.9 Å². The van der Waals surface area contributed by atoms with E-state index in [2.05, 4.69) is 11.8 Å². The molecule has 3 unspecified atom stereocenters. The predicted octanol–water partition coefficient (Wildman–Crippen LogP) is 2.18. The minimum atomic E-state index is -0.789. The zero-order valence-corrected chi connectivity index (χ0v) is 12.8. The molecule has 1 aromatic carbocycles. The Morgan fingerprint density at radius 2 is 2.19 bits per heavy atom. The average molecular weight is 293 g/mol. The second kappa shape index (κ2) is 6.91. The van der Waals surface area contributed by atoms with Crippen LogP contribution in [-0.4, -0.2) is 48.9 Å². The largest absolute Gasteiger partial charge is 0.496 e. The second-order valence-corrected chi connectivity index (χ2v) is 5.30. The van der Waals surface area contributed by atoms with E-state index in [1.54, 1.807) is 7.11 Å². The fourth-order valence-corrected chi connectivity index (χ4v) is 3.09. The fraction of sp³-hybridized carbons (Fsp3) is 0.562. The third-order valence-electron chi connectivity index (χ3n) is 4.25. The highest BCUT2D eigenvalue weighted by atomic mass is 16.5. The number of methoxy groups -OCH3 is 1. The highest BCUT2D eigenvalue weighted by Gasteiger charge is 2.39. The number of rotatable bonds is 6. The van der Waals surface area contributed by atoms with Crippen molar-refractivity contribution in [3.8, 4) is 5.75 Å². The lowest BCUT2D eigenvalue weighted by molar-refractivity contribution is -0.143. The van der Waals surface area contributed by atoms with Crippen LogP contribution in [0.1, 0.15) is 25.5 Å². The summed E-state index contributed by atoms with van der Waals surface area (Å²) in [5, 5.41) is 9.35. The number of benzene rings is 1. The molecule has 0 aliphatic carbocycles. The first-order chi connectivity index (χ1) is 10.1.